The van der Waals surface area contributed by atoms with Crippen LogP contribution in [0.2, 0.25) is 0 Å². The van der Waals surface area contributed by atoms with Crippen molar-refractivity contribution in [2.24, 2.45) is 61.1 Å². The lowest BCUT2D eigenvalue weighted by Crippen LogP contribution is -2.57. The lowest BCUT2D eigenvalue weighted by Gasteiger charge is -2.55. The lowest BCUT2D eigenvalue weighted by molar-refractivity contribution is -0.197. The molecule has 0 amide bonds. The molecule has 0 heterocycles. The Morgan fingerprint density at radius 2 is 0.629 bits per heavy atom. The average molecular weight is 1900 g/mol. The predicted molar refractivity (Wildman–Crippen MR) is 549 cm³/mol. The first-order valence-electron chi connectivity index (χ1n) is 42.5. The Bertz CT molecular complexity index is 3270. The Morgan fingerprint density at radius 1 is 0.326 bits per heavy atom. The van der Waals surface area contributed by atoms with Gasteiger partial charge in [0.15, 0.2) is 41.1 Å². The maximum Gasteiger partial charge on any atom is 0.312 e. The summed E-state index contributed by atoms with van der Waals surface area (Å²) in [7, 11) is 0. The summed E-state index contributed by atoms with van der Waals surface area (Å²) in [5.74, 6) is -0.822. The lowest BCUT2D eigenvalue weighted by atomic mass is 9.53. The average Bonchev–Trinajstić information content (AvgIpc) is 0.808. The molecular weight excluding hydrogens is 1690 g/mol. The quantitative estimate of drug-likeness (QED) is 0.0334. The number of carbonyl (C=O) groups is 17. The molecule has 5 atom stereocenters. The van der Waals surface area contributed by atoms with Gasteiger partial charge in [0.1, 0.15) is 54.7 Å². The second kappa shape index (κ2) is 77.9. The van der Waals surface area contributed by atoms with Crippen molar-refractivity contribution in [2.45, 2.75) is 510 Å². The molecule has 0 aromatic heterocycles. The first-order valence-corrected chi connectivity index (χ1v) is 42.5. The molecule has 7 rings (SSSR count). The molecule has 0 aliphatic heterocycles. The van der Waals surface area contributed by atoms with Gasteiger partial charge in [-0.2, -0.15) is 0 Å². The number of hydrogen-bond acceptors (Lipinski definition) is 25. The van der Waals surface area contributed by atoms with Crippen LogP contribution in [-0.4, -0.2) is 150 Å². The van der Waals surface area contributed by atoms with Crippen LogP contribution in [0.25, 0.3) is 0 Å². The molecule has 0 radical (unpaired) electrons. The van der Waals surface area contributed by atoms with Crippen LogP contribution in [0.3, 0.4) is 0 Å². The van der Waals surface area contributed by atoms with Crippen molar-refractivity contribution < 1.29 is 119 Å². The zero-order chi connectivity index (χ0) is 90.4. The minimum Gasteiger partial charge on any atom is -0.465 e. The summed E-state index contributed by atoms with van der Waals surface area (Å²) >= 11 is 0. The highest BCUT2D eigenvalue weighted by molar-refractivity contribution is 6.00. The van der Waals surface area contributed by atoms with Gasteiger partial charge >= 0.3 is 47.8 Å². The maximum absolute atomic E-state index is 12.4. The fourth-order valence-electron chi connectivity index (χ4n) is 11.1. The van der Waals surface area contributed by atoms with Crippen LogP contribution in [0, 0.1) is 61.1 Å². The number of Topliss-reactive ketones (excluding diaryl/α,β-unsaturated/α-hetero) is 9. The minimum atomic E-state index is -0.574. The van der Waals surface area contributed by atoms with Gasteiger partial charge in [-0.1, -0.05) is 188 Å². The van der Waals surface area contributed by atoms with Gasteiger partial charge in [0.05, 0.1) is 56.3 Å². The second-order valence-corrected chi connectivity index (χ2v) is 36.9. The number of esters is 8. The molecule has 5 unspecified atom stereocenters. The number of rotatable bonds is 33. The predicted octanol–water partition coefficient (Wildman–Crippen LogP) is 27.3. The number of hydrogen-bond donors (Lipinski definition) is 0. The summed E-state index contributed by atoms with van der Waals surface area (Å²) in [6.45, 7) is 51.0. The molecule has 25 nitrogen and oxygen atoms in total. The zero-order valence-corrected chi connectivity index (χ0v) is 76.6. The summed E-state index contributed by atoms with van der Waals surface area (Å²) in [5, 5.41) is 0. The van der Waals surface area contributed by atoms with Crippen molar-refractivity contribution in [2.75, 3.05) is 26.4 Å². The van der Waals surface area contributed by atoms with Crippen molar-refractivity contribution in [3.63, 3.8) is 0 Å². The van der Waals surface area contributed by atoms with E-state index in [4.69, 9.17) is 37.9 Å². The Hall–Kier alpha value is -7.21. The highest BCUT2D eigenvalue weighted by Crippen LogP contribution is 2.56. The molecule has 0 aromatic rings. The SMILES string of the molecule is C.C.C.C.C.C.C.C.C.C.C.C.C.C.C.C.CCC(=O)CC(=O)COC(=O)C(C)(C)CC.CCC(=O)COC(=O)C(C)(C)CC.CCC(C)(C)C(=O)OC12CC3CC(C1)C(=O)C(C3)C2.CCC(C)(C)C(=O)OC1CCC(=O)C1.CCC(C)(C)C(=O)OC1CCCC1=O.CCC(C)(C)C(=O)OC1CCCCC1=O.CCC(C)(C)C(=O)OCC(C)=O.CCC(C)(C)C(=O)OCCC(C)=O. The van der Waals surface area contributed by atoms with E-state index in [0.29, 0.717) is 95.2 Å². The number of carbonyl (C=O) groups excluding carboxylic acids is 17. The third-order valence-electron chi connectivity index (χ3n) is 23.5. The molecule has 0 aromatic carbocycles. The molecule has 4 bridgehead atoms. The largest absolute Gasteiger partial charge is 0.465 e. The van der Waals surface area contributed by atoms with Crippen LogP contribution < -0.4 is 0 Å². The Morgan fingerprint density at radius 3 is 0.932 bits per heavy atom. The van der Waals surface area contributed by atoms with E-state index in [1.165, 1.54) is 13.8 Å². The Kier molecular flexibility index (Phi) is 99.0. The molecule has 0 spiro atoms. The van der Waals surface area contributed by atoms with E-state index in [2.05, 4.69) is 0 Å². The number of ketones is 9. The molecule has 7 fully saturated rings. The summed E-state index contributed by atoms with van der Waals surface area (Å²) in [6, 6.07) is 0. The maximum atomic E-state index is 12.4. The topological polar surface area (TPSA) is 364 Å². The molecule has 132 heavy (non-hydrogen) atoms. The molecule has 7 aliphatic carbocycles. The molecule has 7 saturated carbocycles. The molecule has 0 saturated heterocycles. The smallest absolute Gasteiger partial charge is 0.312 e. The second-order valence-electron chi connectivity index (χ2n) is 36.9. The van der Waals surface area contributed by atoms with Gasteiger partial charge in [0.2, 0.25) is 0 Å². The van der Waals surface area contributed by atoms with E-state index in [1.807, 2.05) is 138 Å². The van der Waals surface area contributed by atoms with Crippen molar-refractivity contribution in [1.29, 1.82) is 0 Å². The fraction of sp³-hybridized carbons (Fsp3) is 0.841. The van der Waals surface area contributed by atoms with Crippen LogP contribution in [-0.2, 0) is 119 Å². The highest BCUT2D eigenvalue weighted by Gasteiger charge is 2.58. The minimum absolute atomic E-state index is 0. The zero-order valence-electron chi connectivity index (χ0n) is 76.6. The summed E-state index contributed by atoms with van der Waals surface area (Å²) in [4.78, 5) is 193. The van der Waals surface area contributed by atoms with Crippen LogP contribution in [0.1, 0.15) is 486 Å². The van der Waals surface area contributed by atoms with Crippen LogP contribution in [0.5, 0.6) is 0 Å². The summed E-state index contributed by atoms with van der Waals surface area (Å²) < 4.78 is 41.1. The third kappa shape index (κ3) is 61.7. The van der Waals surface area contributed by atoms with Gasteiger partial charge < -0.3 is 37.9 Å². The van der Waals surface area contributed by atoms with Gasteiger partial charge in [-0.15, -0.1) is 0 Å². The van der Waals surface area contributed by atoms with Crippen LogP contribution >= 0.6 is 0 Å². The van der Waals surface area contributed by atoms with E-state index in [9.17, 15) is 81.5 Å². The Balaban J connectivity index is -0.0000000694. The van der Waals surface area contributed by atoms with Crippen molar-refractivity contribution in [1.82, 2.24) is 0 Å². The van der Waals surface area contributed by atoms with Crippen LogP contribution in [0.15, 0.2) is 0 Å². The van der Waals surface area contributed by atoms with E-state index < -0.39 is 61.5 Å². The van der Waals surface area contributed by atoms with E-state index in [-0.39, 0.29) is 263 Å². The van der Waals surface area contributed by atoms with Crippen molar-refractivity contribution in [3.8, 4) is 0 Å². The van der Waals surface area contributed by atoms with E-state index in [1.54, 1.807) is 41.5 Å². The van der Waals surface area contributed by atoms with Gasteiger partial charge in [-0.05, 0) is 253 Å². The van der Waals surface area contributed by atoms with Gasteiger partial charge in [-0.3, -0.25) is 81.5 Å². The summed E-state index contributed by atoms with van der Waals surface area (Å²) in [6.07, 6.45) is 17.2. The first-order chi connectivity index (χ1) is 53.3. The Labute approximate surface area is 812 Å². The van der Waals surface area contributed by atoms with E-state index in [0.717, 1.165) is 83.5 Å². The third-order valence-corrected chi connectivity index (χ3v) is 23.5. The molecule has 25 heteroatoms. The fourth-order valence-corrected chi connectivity index (χ4v) is 11.1. The molecule has 7 aliphatic rings. The van der Waals surface area contributed by atoms with Gasteiger partial charge in [0, 0.05) is 56.8 Å². The number of ether oxygens (including phenoxy) is 8. The first kappa shape index (κ1) is 168. The van der Waals surface area contributed by atoms with E-state index >= 15 is 0 Å². The van der Waals surface area contributed by atoms with Crippen molar-refractivity contribution >= 4 is 99.8 Å². The summed E-state index contributed by atoms with van der Waals surface area (Å²) in [5.41, 5.74) is -4.05. The van der Waals surface area contributed by atoms with Crippen molar-refractivity contribution in [3.05, 3.63) is 0 Å². The molecule has 794 valence electrons. The molecule has 0 N–H and O–H groups in total. The highest BCUT2D eigenvalue weighted by atomic mass is 16.6. The van der Waals surface area contributed by atoms with Crippen LogP contribution in [0.4, 0.5) is 0 Å². The van der Waals surface area contributed by atoms with Gasteiger partial charge in [-0.25, -0.2) is 0 Å². The normalized spacial score (nSPS) is 17.7. The molecular formula is C107H216O25. The standard InChI is InChI=1S/C16H24O3.C12H20O4.C12H20O3.2C11H18O3.2C10H18O3.C9H16O3.16CH4/c1-4-15(2,3)14(18)19-16-7-10-5-11(8-16)13(17)12(6-10)9-16;1-5-9(13)7-10(14)8-16-11(15)12(3,4)6-2;1-4-12(2,3)11(14)15-10-8-6-5-7-9(10)13;1-4-11(2,3)10(13)14-9-6-5-8(12)7-9;1-4-11(2,3)10(13)14-9-7-5-6-8(9)12;1-5-10(3,4)9(12)13-7-6-8(2)11;1-5-8(11)7-13-9(12)10(3,4)6-2;1-5-9(3,4)8(11)12-6-7(2)10;;;;;;;;;;;;;;;;/h10-12H,4-9H2,1-3H3;5-8H2,1-4H3;10H,4-8H2,1-3H3;2*9H,4-7H2,1-3H3;2*5-7H2,1-4H3;5-6H2,1-4H3;16*1H4. The monoisotopic (exact) mass is 1900 g/mol. The van der Waals surface area contributed by atoms with Gasteiger partial charge in [0.25, 0.3) is 0 Å².